The molecule has 0 bridgehead atoms. The summed E-state index contributed by atoms with van der Waals surface area (Å²) in [5, 5.41) is 9.35. The van der Waals surface area contributed by atoms with Gasteiger partial charge < -0.3 is 10.8 Å². The minimum atomic E-state index is -4.41. The van der Waals surface area contributed by atoms with Gasteiger partial charge in [0.05, 0.1) is 11.1 Å². The normalized spacial score (nSPS) is 25.4. The fraction of sp³-hybridized carbons (Fsp3) is 0.889. The lowest BCUT2D eigenvalue weighted by Gasteiger charge is -2.33. The molecule has 0 aromatic rings. The fourth-order valence-electron chi connectivity index (χ4n) is 1.81. The number of aliphatic hydroxyl groups excluding tert-OH is 1. The van der Waals surface area contributed by atoms with Crippen molar-refractivity contribution in [3.05, 3.63) is 0 Å². The van der Waals surface area contributed by atoms with E-state index in [1.807, 2.05) is 0 Å². The molecule has 1 rings (SSSR count). The summed E-state index contributed by atoms with van der Waals surface area (Å²) in [5.74, 6) is -1.78. The van der Waals surface area contributed by atoms with E-state index in [2.05, 4.69) is 12.2 Å². The summed E-state index contributed by atoms with van der Waals surface area (Å²) in [7, 11) is 0. The van der Waals surface area contributed by atoms with Crippen LogP contribution in [0.4, 0.5) is 13.2 Å². The van der Waals surface area contributed by atoms with Crippen LogP contribution in [0.25, 0.3) is 0 Å². The SMILES string of the molecule is NC(=S)C(CN1CCCC(O)C1)C(F)(F)F. The van der Waals surface area contributed by atoms with Gasteiger partial charge in [0.1, 0.15) is 5.92 Å². The van der Waals surface area contributed by atoms with Gasteiger partial charge in [-0.15, -0.1) is 0 Å². The molecule has 1 saturated heterocycles. The molecule has 7 heteroatoms. The Morgan fingerprint density at radius 1 is 1.56 bits per heavy atom. The van der Waals surface area contributed by atoms with Gasteiger partial charge in [-0.3, -0.25) is 4.90 Å². The van der Waals surface area contributed by atoms with E-state index in [0.717, 1.165) is 0 Å². The van der Waals surface area contributed by atoms with Gasteiger partial charge in [-0.1, -0.05) is 12.2 Å². The third-order valence-electron chi connectivity index (χ3n) is 2.66. The van der Waals surface area contributed by atoms with Crippen molar-refractivity contribution in [2.45, 2.75) is 25.1 Å². The standard InChI is InChI=1S/C9H15F3N2OS/c10-9(11,12)7(8(13)16)5-14-3-1-2-6(15)4-14/h6-7,15H,1-5H2,(H2,13,16). The monoisotopic (exact) mass is 256 g/mol. The number of hydrogen-bond acceptors (Lipinski definition) is 3. The molecule has 1 heterocycles. The third kappa shape index (κ3) is 3.88. The molecule has 3 N–H and O–H groups in total. The fourth-order valence-corrected chi connectivity index (χ4v) is 2.02. The summed E-state index contributed by atoms with van der Waals surface area (Å²) < 4.78 is 37.7. The van der Waals surface area contributed by atoms with Crippen molar-refractivity contribution >= 4 is 17.2 Å². The van der Waals surface area contributed by atoms with Crippen molar-refractivity contribution in [2.24, 2.45) is 11.7 Å². The number of aliphatic hydroxyl groups is 1. The van der Waals surface area contributed by atoms with Crippen LogP contribution in [0.3, 0.4) is 0 Å². The zero-order valence-electron chi connectivity index (χ0n) is 8.70. The number of β-amino-alcohol motifs (C(OH)–C–C–N with tert-alkyl or cyclic N) is 1. The van der Waals surface area contributed by atoms with Crippen LogP contribution in [0.15, 0.2) is 0 Å². The first-order chi connectivity index (χ1) is 7.30. The maximum absolute atomic E-state index is 12.6. The summed E-state index contributed by atoms with van der Waals surface area (Å²) in [6.45, 7) is 0.553. The molecule has 0 aromatic heterocycles. The summed E-state index contributed by atoms with van der Waals surface area (Å²) in [5.41, 5.74) is 5.10. The highest BCUT2D eigenvalue weighted by atomic mass is 32.1. The van der Waals surface area contributed by atoms with Gasteiger partial charge in [-0.2, -0.15) is 13.2 Å². The van der Waals surface area contributed by atoms with Crippen LogP contribution >= 0.6 is 12.2 Å². The maximum Gasteiger partial charge on any atom is 0.399 e. The molecule has 1 aliphatic heterocycles. The lowest BCUT2D eigenvalue weighted by Crippen LogP contribution is -2.47. The van der Waals surface area contributed by atoms with E-state index in [9.17, 15) is 18.3 Å². The molecule has 0 spiro atoms. The van der Waals surface area contributed by atoms with Gasteiger partial charge in [0, 0.05) is 13.1 Å². The van der Waals surface area contributed by atoms with Crippen molar-refractivity contribution in [3.63, 3.8) is 0 Å². The highest BCUT2D eigenvalue weighted by Gasteiger charge is 2.42. The second-order valence-corrected chi connectivity index (χ2v) is 4.52. The van der Waals surface area contributed by atoms with E-state index >= 15 is 0 Å². The van der Waals surface area contributed by atoms with Crippen LogP contribution in [0.2, 0.25) is 0 Å². The number of hydrogen-bond donors (Lipinski definition) is 2. The lowest BCUT2D eigenvalue weighted by molar-refractivity contribution is -0.160. The highest BCUT2D eigenvalue weighted by Crippen LogP contribution is 2.28. The molecule has 1 aliphatic rings. The number of likely N-dealkylation sites (tertiary alicyclic amines) is 1. The predicted octanol–water partition coefficient (Wildman–Crippen LogP) is 0.908. The Labute approximate surface area is 97.4 Å². The molecule has 2 unspecified atom stereocenters. The van der Waals surface area contributed by atoms with Crippen molar-refractivity contribution in [2.75, 3.05) is 19.6 Å². The van der Waals surface area contributed by atoms with E-state index in [1.54, 1.807) is 4.90 Å². The molecular formula is C9H15F3N2OS. The molecule has 16 heavy (non-hydrogen) atoms. The number of alkyl halides is 3. The summed E-state index contributed by atoms with van der Waals surface area (Å²) in [6.07, 6.45) is -3.62. The van der Waals surface area contributed by atoms with Crippen LogP contribution in [0.5, 0.6) is 0 Å². The molecular weight excluding hydrogens is 241 g/mol. The first-order valence-electron chi connectivity index (χ1n) is 5.07. The van der Waals surface area contributed by atoms with E-state index in [1.165, 1.54) is 0 Å². The van der Waals surface area contributed by atoms with E-state index in [-0.39, 0.29) is 13.1 Å². The van der Waals surface area contributed by atoms with Crippen molar-refractivity contribution in [1.82, 2.24) is 4.90 Å². The lowest BCUT2D eigenvalue weighted by atomic mass is 10.0. The molecule has 0 radical (unpaired) electrons. The Morgan fingerprint density at radius 3 is 2.62 bits per heavy atom. The maximum atomic E-state index is 12.6. The van der Waals surface area contributed by atoms with E-state index in [4.69, 9.17) is 5.73 Å². The molecule has 0 aromatic carbocycles. The largest absolute Gasteiger partial charge is 0.399 e. The Hall–Kier alpha value is -0.400. The van der Waals surface area contributed by atoms with Crippen LogP contribution in [-0.2, 0) is 0 Å². The topological polar surface area (TPSA) is 49.5 Å². The van der Waals surface area contributed by atoms with Gasteiger partial charge >= 0.3 is 6.18 Å². The van der Waals surface area contributed by atoms with Crippen LogP contribution in [0, 0.1) is 5.92 Å². The predicted molar refractivity (Wildman–Crippen MR) is 58.0 cm³/mol. The van der Waals surface area contributed by atoms with Crippen LogP contribution in [0.1, 0.15) is 12.8 Å². The second kappa shape index (κ2) is 5.29. The summed E-state index contributed by atoms with van der Waals surface area (Å²) >= 11 is 4.43. The molecule has 94 valence electrons. The Balaban J connectivity index is 2.58. The first kappa shape index (κ1) is 13.7. The Bertz CT molecular complexity index is 260. The van der Waals surface area contributed by atoms with Gasteiger partial charge in [-0.25, -0.2) is 0 Å². The number of thiocarbonyl (C=S) groups is 1. The molecule has 0 aliphatic carbocycles. The third-order valence-corrected chi connectivity index (χ3v) is 2.94. The number of nitrogens with two attached hydrogens (primary N) is 1. The van der Waals surface area contributed by atoms with Crippen LogP contribution < -0.4 is 5.73 Å². The number of nitrogens with zero attached hydrogens (tertiary/aromatic N) is 1. The molecule has 3 nitrogen and oxygen atoms in total. The minimum absolute atomic E-state index is 0.254. The Morgan fingerprint density at radius 2 is 2.19 bits per heavy atom. The average Bonchev–Trinajstić information content (AvgIpc) is 2.12. The van der Waals surface area contributed by atoms with Gasteiger partial charge in [0.15, 0.2) is 0 Å². The van der Waals surface area contributed by atoms with Crippen molar-refractivity contribution < 1.29 is 18.3 Å². The van der Waals surface area contributed by atoms with Gasteiger partial charge in [0.2, 0.25) is 0 Å². The smallest absolute Gasteiger partial charge is 0.393 e. The number of halogens is 3. The minimum Gasteiger partial charge on any atom is -0.393 e. The number of rotatable bonds is 3. The van der Waals surface area contributed by atoms with Crippen molar-refractivity contribution in [1.29, 1.82) is 0 Å². The van der Waals surface area contributed by atoms with Gasteiger partial charge in [-0.05, 0) is 19.4 Å². The summed E-state index contributed by atoms with van der Waals surface area (Å²) in [4.78, 5) is 1.03. The molecule has 2 atom stereocenters. The van der Waals surface area contributed by atoms with E-state index in [0.29, 0.717) is 19.4 Å². The Kier molecular flexibility index (Phi) is 4.52. The molecule has 0 amide bonds. The zero-order valence-corrected chi connectivity index (χ0v) is 9.52. The zero-order chi connectivity index (χ0) is 12.3. The molecule has 0 saturated carbocycles. The molecule has 1 fully saturated rings. The number of piperidine rings is 1. The van der Waals surface area contributed by atoms with Crippen molar-refractivity contribution in [3.8, 4) is 0 Å². The first-order valence-corrected chi connectivity index (χ1v) is 5.48. The summed E-state index contributed by atoms with van der Waals surface area (Å²) in [6, 6.07) is 0. The second-order valence-electron chi connectivity index (χ2n) is 4.05. The van der Waals surface area contributed by atoms with Gasteiger partial charge in [0.25, 0.3) is 0 Å². The highest BCUT2D eigenvalue weighted by molar-refractivity contribution is 7.80. The van der Waals surface area contributed by atoms with E-state index < -0.39 is 23.2 Å². The quantitative estimate of drug-likeness (QED) is 0.737. The average molecular weight is 256 g/mol. The van der Waals surface area contributed by atoms with Crippen LogP contribution in [-0.4, -0.2) is 46.9 Å².